The first kappa shape index (κ1) is 13.8. The quantitative estimate of drug-likeness (QED) is 0.939. The average Bonchev–Trinajstić information content (AvgIpc) is 2.74. The summed E-state index contributed by atoms with van der Waals surface area (Å²) in [6, 6.07) is 4.78. The molecule has 0 amide bonds. The van der Waals surface area contributed by atoms with Crippen molar-refractivity contribution in [1.82, 2.24) is 4.98 Å². The van der Waals surface area contributed by atoms with Gasteiger partial charge in [-0.25, -0.2) is 9.78 Å². The summed E-state index contributed by atoms with van der Waals surface area (Å²) in [5, 5.41) is 9.73. The lowest BCUT2D eigenvalue weighted by Gasteiger charge is -2.21. The Kier molecular flexibility index (Phi) is 4.07. The van der Waals surface area contributed by atoms with Crippen LogP contribution in [0, 0.1) is 6.92 Å². The molecule has 0 saturated carbocycles. The van der Waals surface area contributed by atoms with E-state index >= 15 is 0 Å². The van der Waals surface area contributed by atoms with E-state index in [0.29, 0.717) is 17.3 Å². The number of hydrogen-bond donors (Lipinski definition) is 1. The third-order valence-electron chi connectivity index (χ3n) is 2.83. The largest absolute Gasteiger partial charge is 0.478 e. The number of carbonyl (C=O) groups is 1. The first-order chi connectivity index (χ1) is 8.99. The summed E-state index contributed by atoms with van der Waals surface area (Å²) >= 11 is 7.51. The van der Waals surface area contributed by atoms with Crippen molar-refractivity contribution in [3.63, 3.8) is 0 Å². The molecule has 0 fully saturated rings. The van der Waals surface area contributed by atoms with Gasteiger partial charge in [0.2, 0.25) is 0 Å². The van der Waals surface area contributed by atoms with Crippen LogP contribution >= 0.6 is 22.9 Å². The fraction of sp³-hybridized carbons (Fsp3) is 0.231. The first-order valence-corrected chi connectivity index (χ1v) is 6.87. The minimum absolute atomic E-state index is 0.245. The maximum Gasteiger partial charge on any atom is 0.337 e. The number of nitrogens with zero attached hydrogens (tertiary/aromatic N) is 2. The van der Waals surface area contributed by atoms with Gasteiger partial charge in [-0.15, -0.1) is 11.3 Å². The minimum atomic E-state index is -0.959. The van der Waals surface area contributed by atoms with Gasteiger partial charge in [0.25, 0.3) is 0 Å². The number of carboxylic acid groups (broad SMARTS) is 1. The monoisotopic (exact) mass is 296 g/mol. The summed E-state index contributed by atoms with van der Waals surface area (Å²) in [5.41, 5.74) is 3.60. The van der Waals surface area contributed by atoms with Gasteiger partial charge in [0.15, 0.2) is 0 Å². The average molecular weight is 297 g/mol. The second kappa shape index (κ2) is 5.59. The lowest BCUT2D eigenvalue weighted by molar-refractivity contribution is 0.0697. The van der Waals surface area contributed by atoms with Crippen molar-refractivity contribution in [3.8, 4) is 0 Å². The Morgan fingerprint density at radius 3 is 2.84 bits per heavy atom. The van der Waals surface area contributed by atoms with E-state index in [2.05, 4.69) is 4.98 Å². The topological polar surface area (TPSA) is 53.4 Å². The van der Waals surface area contributed by atoms with Crippen molar-refractivity contribution >= 4 is 34.6 Å². The maximum atomic E-state index is 11.2. The molecule has 4 nitrogen and oxygen atoms in total. The van der Waals surface area contributed by atoms with Crippen LogP contribution < -0.4 is 4.90 Å². The van der Waals surface area contributed by atoms with Gasteiger partial charge in [-0.3, -0.25) is 0 Å². The zero-order valence-corrected chi connectivity index (χ0v) is 12.1. The zero-order chi connectivity index (χ0) is 14.0. The standard InChI is InChI=1S/C13H13ClN2O2S/c1-8-12(19-7-15-8)6-16(2)11-5-9(14)3-4-10(11)13(17)18/h3-5,7H,6H2,1-2H3,(H,17,18). The van der Waals surface area contributed by atoms with Crippen molar-refractivity contribution in [2.75, 3.05) is 11.9 Å². The van der Waals surface area contributed by atoms with Crippen LogP contribution in [0.2, 0.25) is 5.02 Å². The molecule has 0 atom stereocenters. The number of aromatic carboxylic acids is 1. The van der Waals surface area contributed by atoms with Crippen LogP contribution in [0.1, 0.15) is 20.9 Å². The van der Waals surface area contributed by atoms with E-state index in [4.69, 9.17) is 11.6 Å². The lowest BCUT2D eigenvalue weighted by Crippen LogP contribution is -2.19. The fourth-order valence-electron chi connectivity index (χ4n) is 1.78. The summed E-state index contributed by atoms with van der Waals surface area (Å²) in [7, 11) is 1.84. The molecule has 2 rings (SSSR count). The fourth-order valence-corrected chi connectivity index (χ4v) is 2.78. The molecule has 1 heterocycles. The van der Waals surface area contributed by atoms with Crippen LogP contribution in [0.15, 0.2) is 23.7 Å². The maximum absolute atomic E-state index is 11.2. The number of benzene rings is 1. The molecule has 0 unspecified atom stereocenters. The highest BCUT2D eigenvalue weighted by molar-refractivity contribution is 7.09. The van der Waals surface area contributed by atoms with Gasteiger partial charge in [0.05, 0.1) is 29.0 Å². The van der Waals surface area contributed by atoms with E-state index in [1.807, 2.05) is 18.9 Å². The summed E-state index contributed by atoms with van der Waals surface area (Å²) in [6.45, 7) is 2.55. The van der Waals surface area contributed by atoms with Crippen LogP contribution in [0.5, 0.6) is 0 Å². The van der Waals surface area contributed by atoms with Crippen molar-refractivity contribution < 1.29 is 9.90 Å². The molecule has 0 bridgehead atoms. The number of carboxylic acids is 1. The number of aryl methyl sites for hydroxylation is 1. The normalized spacial score (nSPS) is 10.5. The molecule has 1 aromatic heterocycles. The lowest BCUT2D eigenvalue weighted by atomic mass is 10.1. The van der Waals surface area contributed by atoms with Crippen molar-refractivity contribution in [3.05, 3.63) is 44.9 Å². The summed E-state index contributed by atoms with van der Waals surface area (Å²) in [5.74, 6) is -0.959. The van der Waals surface area contributed by atoms with Crippen LogP contribution in [-0.4, -0.2) is 23.1 Å². The van der Waals surface area contributed by atoms with Gasteiger partial charge >= 0.3 is 5.97 Å². The number of aromatic nitrogens is 1. The van der Waals surface area contributed by atoms with Gasteiger partial charge in [0, 0.05) is 16.9 Å². The molecule has 2 aromatic rings. The number of thiazole rings is 1. The Hall–Kier alpha value is -1.59. The van der Waals surface area contributed by atoms with Gasteiger partial charge in [0.1, 0.15) is 0 Å². The van der Waals surface area contributed by atoms with E-state index in [9.17, 15) is 9.90 Å². The third-order valence-corrected chi connectivity index (χ3v) is 3.98. The predicted molar refractivity (Wildman–Crippen MR) is 77.4 cm³/mol. The van der Waals surface area contributed by atoms with E-state index in [1.165, 1.54) is 6.07 Å². The van der Waals surface area contributed by atoms with Gasteiger partial charge in [-0.2, -0.15) is 0 Å². The predicted octanol–water partition coefficient (Wildman–Crippen LogP) is 3.44. The number of anilines is 1. The first-order valence-electron chi connectivity index (χ1n) is 5.62. The molecule has 1 N–H and O–H groups in total. The molecule has 19 heavy (non-hydrogen) atoms. The van der Waals surface area contributed by atoms with Crippen LogP contribution in [0.25, 0.3) is 0 Å². The van der Waals surface area contributed by atoms with E-state index in [-0.39, 0.29) is 5.56 Å². The van der Waals surface area contributed by atoms with Crippen molar-refractivity contribution in [2.45, 2.75) is 13.5 Å². The Bertz CT molecular complexity index is 612. The van der Waals surface area contributed by atoms with Crippen molar-refractivity contribution in [2.24, 2.45) is 0 Å². The SMILES string of the molecule is Cc1ncsc1CN(C)c1cc(Cl)ccc1C(=O)O. The second-order valence-electron chi connectivity index (χ2n) is 4.18. The Morgan fingerprint density at radius 2 is 2.26 bits per heavy atom. The highest BCUT2D eigenvalue weighted by Crippen LogP contribution is 2.26. The molecule has 0 spiro atoms. The highest BCUT2D eigenvalue weighted by atomic mass is 35.5. The molecule has 1 aromatic carbocycles. The molecule has 6 heteroatoms. The molecule has 0 radical (unpaired) electrons. The summed E-state index contributed by atoms with van der Waals surface area (Å²) < 4.78 is 0. The molecular formula is C13H13ClN2O2S. The Labute approximate surface area is 120 Å². The second-order valence-corrected chi connectivity index (χ2v) is 5.56. The molecular weight excluding hydrogens is 284 g/mol. The Balaban J connectivity index is 2.32. The van der Waals surface area contributed by atoms with E-state index in [0.717, 1.165) is 10.6 Å². The van der Waals surface area contributed by atoms with Gasteiger partial charge < -0.3 is 10.0 Å². The Morgan fingerprint density at radius 1 is 1.53 bits per heavy atom. The summed E-state index contributed by atoms with van der Waals surface area (Å²) in [4.78, 5) is 18.4. The van der Waals surface area contributed by atoms with Gasteiger partial charge in [-0.05, 0) is 25.1 Å². The van der Waals surface area contributed by atoms with Gasteiger partial charge in [-0.1, -0.05) is 11.6 Å². The zero-order valence-electron chi connectivity index (χ0n) is 10.6. The van der Waals surface area contributed by atoms with E-state index in [1.54, 1.807) is 29.0 Å². The van der Waals surface area contributed by atoms with E-state index < -0.39 is 5.97 Å². The molecule has 0 saturated heterocycles. The molecule has 0 aliphatic rings. The summed E-state index contributed by atoms with van der Waals surface area (Å²) in [6.07, 6.45) is 0. The molecule has 0 aliphatic heterocycles. The number of rotatable bonds is 4. The molecule has 0 aliphatic carbocycles. The van der Waals surface area contributed by atoms with Crippen LogP contribution in [0.3, 0.4) is 0 Å². The van der Waals surface area contributed by atoms with Crippen molar-refractivity contribution in [1.29, 1.82) is 0 Å². The highest BCUT2D eigenvalue weighted by Gasteiger charge is 2.15. The number of hydrogen-bond acceptors (Lipinski definition) is 4. The number of halogens is 1. The smallest absolute Gasteiger partial charge is 0.337 e. The third kappa shape index (κ3) is 3.05. The van der Waals surface area contributed by atoms with Crippen LogP contribution in [-0.2, 0) is 6.54 Å². The molecule has 100 valence electrons. The minimum Gasteiger partial charge on any atom is -0.478 e. The van der Waals surface area contributed by atoms with Crippen LogP contribution in [0.4, 0.5) is 5.69 Å².